The fourth-order valence-electron chi connectivity index (χ4n) is 2.18. The van der Waals surface area contributed by atoms with Crippen LogP contribution in [0.15, 0.2) is 0 Å². The standard InChI is InChI=1S/C13H19NO3S/c1-7(2)6-9-11(13(15)16)18-12(14-9)10-5-4-8(3)17-10/h7-8,10H,4-6H2,1-3H3,(H,15,16). The van der Waals surface area contributed by atoms with Gasteiger partial charge in [-0.15, -0.1) is 11.3 Å². The summed E-state index contributed by atoms with van der Waals surface area (Å²) in [5.41, 5.74) is 0.709. The molecule has 0 saturated carbocycles. The molecule has 1 saturated heterocycles. The normalized spacial score (nSPS) is 23.8. The van der Waals surface area contributed by atoms with E-state index in [4.69, 9.17) is 4.74 Å². The van der Waals surface area contributed by atoms with E-state index in [1.165, 1.54) is 11.3 Å². The summed E-state index contributed by atoms with van der Waals surface area (Å²) in [6, 6.07) is 0. The number of ether oxygens (including phenoxy) is 1. The van der Waals surface area contributed by atoms with Crippen molar-refractivity contribution in [1.82, 2.24) is 4.98 Å². The minimum absolute atomic E-state index is 0.0102. The van der Waals surface area contributed by atoms with Crippen molar-refractivity contribution in [3.63, 3.8) is 0 Å². The van der Waals surface area contributed by atoms with Crippen LogP contribution in [0.2, 0.25) is 0 Å². The van der Waals surface area contributed by atoms with Crippen molar-refractivity contribution in [1.29, 1.82) is 0 Å². The third-order valence-corrected chi connectivity index (χ3v) is 4.19. The summed E-state index contributed by atoms with van der Waals surface area (Å²) >= 11 is 1.27. The highest BCUT2D eigenvalue weighted by atomic mass is 32.1. The smallest absolute Gasteiger partial charge is 0.347 e. The Balaban J connectivity index is 2.24. The molecule has 0 aromatic carbocycles. The van der Waals surface area contributed by atoms with E-state index in [1.54, 1.807) is 0 Å². The van der Waals surface area contributed by atoms with E-state index in [0.717, 1.165) is 17.8 Å². The molecule has 0 bridgehead atoms. The van der Waals surface area contributed by atoms with Crippen LogP contribution in [0.3, 0.4) is 0 Å². The number of rotatable bonds is 4. The molecule has 2 atom stereocenters. The average Bonchev–Trinajstić information content (AvgIpc) is 2.83. The Labute approximate surface area is 111 Å². The van der Waals surface area contributed by atoms with Crippen molar-refractivity contribution in [3.8, 4) is 0 Å². The first-order valence-corrected chi connectivity index (χ1v) is 7.17. The third-order valence-electron chi connectivity index (χ3n) is 3.02. The van der Waals surface area contributed by atoms with Crippen molar-refractivity contribution in [2.45, 2.75) is 52.2 Å². The minimum Gasteiger partial charge on any atom is -0.477 e. The maximum absolute atomic E-state index is 11.2. The van der Waals surface area contributed by atoms with Gasteiger partial charge in [0.25, 0.3) is 0 Å². The van der Waals surface area contributed by atoms with Crippen LogP contribution in [-0.4, -0.2) is 22.2 Å². The van der Waals surface area contributed by atoms with Gasteiger partial charge in [-0.3, -0.25) is 0 Å². The predicted octanol–water partition coefficient (Wildman–Crippen LogP) is 3.28. The molecule has 1 N–H and O–H groups in total. The molecule has 100 valence electrons. The van der Waals surface area contributed by atoms with Crippen molar-refractivity contribution in [2.75, 3.05) is 0 Å². The molecule has 2 heterocycles. The van der Waals surface area contributed by atoms with Crippen LogP contribution in [0.25, 0.3) is 0 Å². The molecule has 1 aliphatic heterocycles. The van der Waals surface area contributed by atoms with Gasteiger partial charge in [0.05, 0.1) is 11.8 Å². The van der Waals surface area contributed by atoms with E-state index in [9.17, 15) is 9.90 Å². The molecule has 0 aliphatic carbocycles. The van der Waals surface area contributed by atoms with Crippen LogP contribution in [0, 0.1) is 5.92 Å². The summed E-state index contributed by atoms with van der Waals surface area (Å²) in [5, 5.41) is 10.0. The number of nitrogens with zero attached hydrogens (tertiary/aromatic N) is 1. The highest BCUT2D eigenvalue weighted by molar-refractivity contribution is 7.13. The van der Waals surface area contributed by atoms with Gasteiger partial charge in [0.15, 0.2) is 0 Å². The summed E-state index contributed by atoms with van der Waals surface area (Å²) in [7, 11) is 0. The van der Waals surface area contributed by atoms with Crippen LogP contribution < -0.4 is 0 Å². The van der Waals surface area contributed by atoms with E-state index in [1.807, 2.05) is 6.92 Å². The van der Waals surface area contributed by atoms with E-state index in [0.29, 0.717) is 22.9 Å². The van der Waals surface area contributed by atoms with Crippen molar-refractivity contribution in [2.24, 2.45) is 5.92 Å². The largest absolute Gasteiger partial charge is 0.477 e. The summed E-state index contributed by atoms with van der Waals surface area (Å²) in [5.74, 6) is -0.470. The molecule has 1 aromatic rings. The first kappa shape index (κ1) is 13.5. The molecule has 0 radical (unpaired) electrons. The zero-order chi connectivity index (χ0) is 13.3. The Morgan fingerprint density at radius 3 is 2.78 bits per heavy atom. The van der Waals surface area contributed by atoms with Gasteiger partial charge < -0.3 is 9.84 Å². The second-order valence-electron chi connectivity index (χ2n) is 5.24. The zero-order valence-corrected chi connectivity index (χ0v) is 11.8. The average molecular weight is 269 g/mol. The third kappa shape index (κ3) is 2.90. The molecule has 18 heavy (non-hydrogen) atoms. The quantitative estimate of drug-likeness (QED) is 0.911. The van der Waals surface area contributed by atoms with E-state index < -0.39 is 5.97 Å². The van der Waals surface area contributed by atoms with E-state index in [2.05, 4.69) is 18.8 Å². The number of carboxylic acids is 1. The number of aromatic carboxylic acids is 1. The van der Waals surface area contributed by atoms with Crippen LogP contribution in [0.1, 0.15) is 60.1 Å². The highest BCUT2D eigenvalue weighted by Crippen LogP contribution is 2.36. The Morgan fingerprint density at radius 2 is 2.28 bits per heavy atom. The predicted molar refractivity (Wildman–Crippen MR) is 70.1 cm³/mol. The van der Waals surface area contributed by atoms with Crippen LogP contribution >= 0.6 is 11.3 Å². The SMILES string of the molecule is CC(C)Cc1nc(C2CCC(C)O2)sc1C(=O)O. The van der Waals surface area contributed by atoms with Gasteiger partial charge in [-0.25, -0.2) is 9.78 Å². The highest BCUT2D eigenvalue weighted by Gasteiger charge is 2.28. The maximum atomic E-state index is 11.2. The number of hydrogen-bond donors (Lipinski definition) is 1. The lowest BCUT2D eigenvalue weighted by atomic mass is 10.1. The van der Waals surface area contributed by atoms with Gasteiger partial charge >= 0.3 is 5.97 Å². The first-order chi connectivity index (χ1) is 8.47. The molecular weight excluding hydrogens is 250 g/mol. The fraction of sp³-hybridized carbons (Fsp3) is 0.692. The molecule has 4 nitrogen and oxygen atoms in total. The van der Waals surface area contributed by atoms with Gasteiger partial charge in [-0.2, -0.15) is 0 Å². The Hall–Kier alpha value is -0.940. The number of aromatic nitrogens is 1. The number of hydrogen-bond acceptors (Lipinski definition) is 4. The number of carbonyl (C=O) groups is 1. The Kier molecular flexibility index (Phi) is 4.02. The van der Waals surface area contributed by atoms with Crippen molar-refractivity contribution >= 4 is 17.3 Å². The second-order valence-corrected chi connectivity index (χ2v) is 6.27. The van der Waals surface area contributed by atoms with Crippen LogP contribution in [0.5, 0.6) is 0 Å². The topological polar surface area (TPSA) is 59.4 Å². The van der Waals surface area contributed by atoms with E-state index in [-0.39, 0.29) is 12.2 Å². The lowest BCUT2D eigenvalue weighted by Crippen LogP contribution is -2.03. The van der Waals surface area contributed by atoms with E-state index >= 15 is 0 Å². The molecular formula is C13H19NO3S. The summed E-state index contributed by atoms with van der Waals surface area (Å²) < 4.78 is 5.76. The van der Waals surface area contributed by atoms with Crippen molar-refractivity contribution < 1.29 is 14.6 Å². The lowest BCUT2D eigenvalue weighted by molar-refractivity contribution is 0.0553. The van der Waals surface area contributed by atoms with Gasteiger partial charge in [-0.05, 0) is 32.1 Å². The van der Waals surface area contributed by atoms with Gasteiger partial charge in [-0.1, -0.05) is 13.8 Å². The summed E-state index contributed by atoms with van der Waals surface area (Å²) in [6.45, 7) is 6.18. The lowest BCUT2D eigenvalue weighted by Gasteiger charge is -2.07. The second kappa shape index (κ2) is 5.36. The number of thiazole rings is 1. The maximum Gasteiger partial charge on any atom is 0.347 e. The Bertz CT molecular complexity index is 441. The molecule has 5 heteroatoms. The molecule has 1 fully saturated rings. The number of carboxylic acid groups (broad SMARTS) is 1. The van der Waals surface area contributed by atoms with Crippen LogP contribution in [-0.2, 0) is 11.2 Å². The molecule has 1 aliphatic rings. The van der Waals surface area contributed by atoms with Crippen molar-refractivity contribution in [3.05, 3.63) is 15.6 Å². The zero-order valence-electron chi connectivity index (χ0n) is 11.0. The fourth-order valence-corrected chi connectivity index (χ4v) is 3.19. The molecule has 2 rings (SSSR count). The first-order valence-electron chi connectivity index (χ1n) is 6.35. The van der Waals surface area contributed by atoms with Gasteiger partial charge in [0, 0.05) is 0 Å². The molecule has 2 unspecified atom stereocenters. The monoisotopic (exact) mass is 269 g/mol. The summed E-state index contributed by atoms with van der Waals surface area (Å²) in [4.78, 5) is 16.1. The molecule has 1 aromatic heterocycles. The summed E-state index contributed by atoms with van der Waals surface area (Å²) in [6.07, 6.45) is 2.91. The Morgan fingerprint density at radius 1 is 1.56 bits per heavy atom. The van der Waals surface area contributed by atoms with Gasteiger partial charge in [0.2, 0.25) is 0 Å². The minimum atomic E-state index is -0.875. The van der Waals surface area contributed by atoms with Crippen LogP contribution in [0.4, 0.5) is 0 Å². The molecule has 0 amide bonds. The molecule has 0 spiro atoms. The van der Waals surface area contributed by atoms with Gasteiger partial charge in [0.1, 0.15) is 16.0 Å².